The third kappa shape index (κ3) is 3.99. The van der Waals surface area contributed by atoms with E-state index >= 15 is 0 Å². The number of halogens is 1. The Balaban J connectivity index is 1.19. The van der Waals surface area contributed by atoms with Crippen LogP contribution < -0.4 is 5.32 Å². The number of hydrogen-bond donors (Lipinski definition) is 1. The molecule has 9 atom stereocenters. The summed E-state index contributed by atoms with van der Waals surface area (Å²) in [6.07, 6.45) is 10.8. The van der Waals surface area contributed by atoms with Gasteiger partial charge in [0.05, 0.1) is 20.9 Å². The van der Waals surface area contributed by atoms with Crippen LogP contribution in [0, 0.1) is 50.2 Å². The van der Waals surface area contributed by atoms with Crippen molar-refractivity contribution in [1.29, 1.82) is 0 Å². The summed E-state index contributed by atoms with van der Waals surface area (Å²) in [7, 11) is 0. The lowest BCUT2D eigenvalue weighted by molar-refractivity contribution is -0.272. The van der Waals surface area contributed by atoms with Crippen molar-refractivity contribution in [2.75, 3.05) is 0 Å². The van der Waals surface area contributed by atoms with Crippen LogP contribution in [0.15, 0.2) is 16.1 Å². The number of rotatable bonds is 2. The molecule has 2 bridgehead atoms. The molecule has 0 unspecified atom stereocenters. The Labute approximate surface area is 279 Å². The minimum Gasteiger partial charge on any atom is -0.457 e. The van der Waals surface area contributed by atoms with Crippen molar-refractivity contribution in [2.45, 2.75) is 123 Å². The van der Waals surface area contributed by atoms with E-state index in [4.69, 9.17) is 9.57 Å². The molecular formula is C35H47BrN2O6S. The molecular weight excluding hydrogens is 656 g/mol. The van der Waals surface area contributed by atoms with E-state index in [-0.39, 0.29) is 54.1 Å². The highest BCUT2D eigenvalue weighted by molar-refractivity contribution is 9.09. The number of amides is 2. The molecule has 10 heteroatoms. The second kappa shape index (κ2) is 9.70. The van der Waals surface area contributed by atoms with Crippen molar-refractivity contribution in [2.24, 2.45) is 55.4 Å². The van der Waals surface area contributed by atoms with Crippen LogP contribution in [0.25, 0.3) is 0 Å². The van der Waals surface area contributed by atoms with E-state index in [1.54, 1.807) is 0 Å². The molecule has 1 N–H and O–H groups in total. The summed E-state index contributed by atoms with van der Waals surface area (Å²) in [5.41, 5.74) is -0.174. The Morgan fingerprint density at radius 2 is 1.69 bits per heavy atom. The van der Waals surface area contributed by atoms with Gasteiger partial charge in [-0.05, 0) is 104 Å². The van der Waals surface area contributed by atoms with Gasteiger partial charge < -0.3 is 9.57 Å². The van der Waals surface area contributed by atoms with E-state index in [9.17, 15) is 19.2 Å². The molecule has 1 spiro atoms. The molecule has 2 aliphatic heterocycles. The number of ether oxygens (including phenoxy) is 1. The lowest BCUT2D eigenvalue weighted by atomic mass is 9.31. The van der Waals surface area contributed by atoms with Gasteiger partial charge in [-0.2, -0.15) is 0 Å². The van der Waals surface area contributed by atoms with Gasteiger partial charge >= 0.3 is 11.9 Å². The number of carbonyl (C=O) groups excluding carboxylic acids is 4. The van der Waals surface area contributed by atoms with Gasteiger partial charge in [0.2, 0.25) is 0 Å². The zero-order valence-corrected chi connectivity index (χ0v) is 30.0. The number of oxime groups is 1. The number of thioether (sulfide) groups is 1. The monoisotopic (exact) mass is 702 g/mol. The van der Waals surface area contributed by atoms with Gasteiger partial charge in [0.15, 0.2) is 0 Å². The van der Waals surface area contributed by atoms with Crippen molar-refractivity contribution < 1.29 is 28.8 Å². The van der Waals surface area contributed by atoms with Crippen LogP contribution in [0.4, 0.5) is 4.79 Å². The summed E-state index contributed by atoms with van der Waals surface area (Å²) in [6.45, 7) is 16.7. The first-order valence-corrected chi connectivity index (χ1v) is 18.5. The maximum absolute atomic E-state index is 13.9. The Bertz CT molecular complexity index is 1470. The van der Waals surface area contributed by atoms with Crippen LogP contribution in [0.1, 0.15) is 113 Å². The van der Waals surface area contributed by atoms with Crippen LogP contribution in [0.5, 0.6) is 0 Å². The molecule has 5 saturated carbocycles. The lowest BCUT2D eigenvalue weighted by Crippen LogP contribution is -2.75. The van der Waals surface area contributed by atoms with E-state index in [0.29, 0.717) is 30.0 Å². The summed E-state index contributed by atoms with van der Waals surface area (Å²) >= 11 is 4.96. The number of esters is 1. The minimum absolute atomic E-state index is 0.00121. The summed E-state index contributed by atoms with van der Waals surface area (Å²) in [5, 5.41) is 6.03. The number of imide groups is 1. The fraction of sp³-hybridized carbons (Fsp3) is 0.800. The highest BCUT2D eigenvalue weighted by Crippen LogP contribution is 2.81. The topological polar surface area (TPSA) is 111 Å². The maximum Gasteiger partial charge on any atom is 0.359 e. The summed E-state index contributed by atoms with van der Waals surface area (Å²) in [5.74, 6) is -0.276. The molecule has 45 heavy (non-hydrogen) atoms. The second-order valence-electron chi connectivity index (χ2n) is 17.4. The van der Waals surface area contributed by atoms with Crippen molar-refractivity contribution >= 4 is 56.5 Å². The van der Waals surface area contributed by atoms with Gasteiger partial charge in [-0.3, -0.25) is 19.7 Å². The molecule has 8 nitrogen and oxygen atoms in total. The van der Waals surface area contributed by atoms with Crippen molar-refractivity contribution in [3.63, 3.8) is 0 Å². The molecule has 2 heterocycles. The van der Waals surface area contributed by atoms with Gasteiger partial charge in [-0.15, -0.1) is 0 Å². The summed E-state index contributed by atoms with van der Waals surface area (Å²) < 4.78 is 6.88. The average molecular weight is 704 g/mol. The highest BCUT2D eigenvalue weighted by atomic mass is 79.9. The Kier molecular flexibility index (Phi) is 6.87. The lowest BCUT2D eigenvalue weighted by Gasteiger charge is -2.74. The molecule has 0 aromatic heterocycles. The predicted octanol–water partition coefficient (Wildman–Crippen LogP) is 7.69. The number of hydrogen-bond acceptors (Lipinski definition) is 8. The Morgan fingerprint density at radius 1 is 0.978 bits per heavy atom. The van der Waals surface area contributed by atoms with Gasteiger partial charge in [-0.25, -0.2) is 4.79 Å². The predicted molar refractivity (Wildman–Crippen MR) is 175 cm³/mol. The minimum atomic E-state index is -0.756. The van der Waals surface area contributed by atoms with Crippen molar-refractivity contribution in [3.8, 4) is 0 Å². The number of nitrogens with one attached hydrogen (secondary N) is 1. The Morgan fingerprint density at radius 3 is 2.38 bits per heavy atom. The SMILES string of the molecule is CC1(C)CC[C@@]23CC[C@]4(C)[C@@](OC2=O)([C@@H]3C1)[C@@H](Br)C[C@@H]1[C@@]2(C)CC/C(=N/OC(=O)/C=C3\SC(=O)NC3=O)C(C)(C)[C@@H]2CC[C@]14C. The molecule has 7 aliphatic rings. The first kappa shape index (κ1) is 31.9. The molecule has 7 fully saturated rings. The largest absolute Gasteiger partial charge is 0.457 e. The first-order chi connectivity index (χ1) is 20.9. The molecule has 0 radical (unpaired) electrons. The van der Waals surface area contributed by atoms with Gasteiger partial charge in [-0.1, -0.05) is 69.6 Å². The zero-order valence-electron chi connectivity index (χ0n) is 27.6. The molecule has 2 amide bonds. The molecule has 7 rings (SSSR count). The smallest absolute Gasteiger partial charge is 0.359 e. The Hall–Kier alpha value is -1.68. The van der Waals surface area contributed by atoms with Gasteiger partial charge in [0.1, 0.15) is 5.60 Å². The van der Waals surface area contributed by atoms with E-state index in [2.05, 4.69) is 74.9 Å². The summed E-state index contributed by atoms with van der Waals surface area (Å²) in [4.78, 5) is 55.3. The fourth-order valence-electron chi connectivity index (χ4n) is 12.4. The first-order valence-electron chi connectivity index (χ1n) is 16.8. The number of carbonyl (C=O) groups is 4. The molecule has 0 aromatic carbocycles. The maximum atomic E-state index is 13.9. The van der Waals surface area contributed by atoms with Crippen LogP contribution in [-0.2, 0) is 24.0 Å². The zero-order chi connectivity index (χ0) is 32.6. The highest BCUT2D eigenvalue weighted by Gasteiger charge is 2.83. The van der Waals surface area contributed by atoms with Gasteiger partial charge in [0.25, 0.3) is 11.1 Å². The number of alkyl halides is 1. The van der Waals surface area contributed by atoms with E-state index in [1.807, 2.05) is 0 Å². The van der Waals surface area contributed by atoms with Gasteiger partial charge in [0, 0.05) is 22.8 Å². The van der Waals surface area contributed by atoms with Crippen molar-refractivity contribution in [3.05, 3.63) is 11.0 Å². The van der Waals surface area contributed by atoms with Crippen molar-refractivity contribution in [1.82, 2.24) is 5.32 Å². The molecule has 2 saturated heterocycles. The second-order valence-corrected chi connectivity index (χ2v) is 19.5. The number of nitrogens with zero attached hydrogens (tertiary/aromatic N) is 1. The van der Waals surface area contributed by atoms with Crippen LogP contribution in [0.2, 0.25) is 0 Å². The van der Waals surface area contributed by atoms with Crippen LogP contribution >= 0.6 is 27.7 Å². The standard InChI is InChI=1S/C35H47BrN2O6S/c1-29(2)12-14-34-15-13-33(7)32(6)11-8-20-30(3,4)24(38-44-25(39)16-19-26(40)37-28(42)45-19)9-10-31(20,5)21(32)17-23(36)35(33,22(34)18-29)43-27(34)41/h16,20-23H,8-15,17-18H2,1-7H3,(H,37,40,42)/b19-16-,38-24-/t20-,21+,22+,23-,31-,32+,33-,34-,35+/m0/s1. The van der Waals surface area contributed by atoms with Crippen LogP contribution in [0.3, 0.4) is 0 Å². The average Bonchev–Trinajstić information content (AvgIpc) is 3.35. The van der Waals surface area contributed by atoms with E-state index in [0.717, 1.165) is 69.6 Å². The molecule has 5 aliphatic carbocycles. The van der Waals surface area contributed by atoms with E-state index < -0.39 is 22.7 Å². The van der Waals surface area contributed by atoms with E-state index in [1.165, 1.54) is 0 Å². The third-order valence-electron chi connectivity index (χ3n) is 14.9. The molecule has 246 valence electrons. The quantitative estimate of drug-likeness (QED) is 0.103. The van der Waals surface area contributed by atoms with Crippen LogP contribution in [-0.4, -0.2) is 39.2 Å². The fourth-order valence-corrected chi connectivity index (χ4v) is 14.3. The normalized spacial score (nSPS) is 49.4. The number of fused-ring (bicyclic) bond motifs is 4. The molecule has 0 aromatic rings. The summed E-state index contributed by atoms with van der Waals surface area (Å²) in [6, 6.07) is 0. The third-order valence-corrected chi connectivity index (χ3v) is 16.8.